The van der Waals surface area contributed by atoms with Gasteiger partial charge in [0.1, 0.15) is 0 Å². The van der Waals surface area contributed by atoms with Crippen LogP contribution in [0.25, 0.3) is 27.5 Å². The third kappa shape index (κ3) is 2.66. The summed E-state index contributed by atoms with van der Waals surface area (Å²) in [5.74, 6) is 0. The van der Waals surface area contributed by atoms with Gasteiger partial charge in [0.25, 0.3) is 0 Å². The van der Waals surface area contributed by atoms with Crippen LogP contribution in [0.4, 0.5) is 5.69 Å². The van der Waals surface area contributed by atoms with Crippen molar-refractivity contribution >= 4 is 27.5 Å². The Morgan fingerprint density at radius 1 is 0.769 bits per heavy atom. The van der Waals surface area contributed by atoms with Gasteiger partial charge in [0, 0.05) is 35.2 Å². The molecule has 0 saturated carbocycles. The van der Waals surface area contributed by atoms with Crippen LogP contribution in [0.5, 0.6) is 0 Å². The van der Waals surface area contributed by atoms with E-state index in [0.29, 0.717) is 6.04 Å². The summed E-state index contributed by atoms with van der Waals surface area (Å²) < 4.78 is 2.37. The van der Waals surface area contributed by atoms with Crippen molar-refractivity contribution in [2.24, 2.45) is 0 Å². The van der Waals surface area contributed by atoms with Gasteiger partial charge in [-0.2, -0.15) is 0 Å². The topological polar surface area (TPSA) is 8.17 Å². The zero-order valence-corrected chi connectivity index (χ0v) is 15.8. The zero-order valence-electron chi connectivity index (χ0n) is 15.8. The molecule has 1 heterocycles. The molecular formula is C24H26N2. The average molecular weight is 342 g/mol. The number of rotatable bonds is 5. The first-order valence-electron chi connectivity index (χ1n) is 9.56. The van der Waals surface area contributed by atoms with E-state index < -0.39 is 0 Å². The molecule has 0 radical (unpaired) electrons. The summed E-state index contributed by atoms with van der Waals surface area (Å²) in [6.45, 7) is 4.54. The van der Waals surface area contributed by atoms with Gasteiger partial charge in [0.2, 0.25) is 0 Å². The van der Waals surface area contributed by atoms with Crippen LogP contribution in [0.2, 0.25) is 0 Å². The van der Waals surface area contributed by atoms with Crippen LogP contribution in [-0.4, -0.2) is 17.7 Å². The van der Waals surface area contributed by atoms with Gasteiger partial charge in [-0.25, -0.2) is 0 Å². The summed E-state index contributed by atoms with van der Waals surface area (Å²) in [7, 11) is 2.22. The first-order valence-corrected chi connectivity index (χ1v) is 9.56. The molecule has 2 heteroatoms. The number of anilines is 1. The van der Waals surface area contributed by atoms with Gasteiger partial charge in [-0.15, -0.1) is 0 Å². The third-order valence-electron chi connectivity index (χ3n) is 5.57. The van der Waals surface area contributed by atoms with Crippen molar-refractivity contribution in [3.8, 4) is 5.69 Å². The Morgan fingerprint density at radius 2 is 1.42 bits per heavy atom. The predicted octanol–water partition coefficient (Wildman–Crippen LogP) is 6.41. The third-order valence-corrected chi connectivity index (χ3v) is 5.57. The lowest BCUT2D eigenvalue weighted by Crippen LogP contribution is -2.30. The van der Waals surface area contributed by atoms with Crippen molar-refractivity contribution < 1.29 is 0 Å². The Morgan fingerprint density at radius 3 is 2.15 bits per heavy atom. The smallest absolute Gasteiger partial charge is 0.0542 e. The highest BCUT2D eigenvalue weighted by Gasteiger charge is 2.15. The fourth-order valence-corrected chi connectivity index (χ4v) is 4.08. The summed E-state index contributed by atoms with van der Waals surface area (Å²) >= 11 is 0. The number of para-hydroxylation sites is 2. The minimum atomic E-state index is 0.579. The van der Waals surface area contributed by atoms with E-state index in [1.54, 1.807) is 0 Å². The molecule has 26 heavy (non-hydrogen) atoms. The lowest BCUT2D eigenvalue weighted by molar-refractivity contribution is 0.592. The molecule has 0 saturated heterocycles. The van der Waals surface area contributed by atoms with E-state index in [0.717, 1.165) is 12.8 Å². The maximum absolute atomic E-state index is 2.42. The molecule has 2 nitrogen and oxygen atoms in total. The van der Waals surface area contributed by atoms with Crippen molar-refractivity contribution in [3.05, 3.63) is 72.8 Å². The van der Waals surface area contributed by atoms with Crippen LogP contribution in [0.3, 0.4) is 0 Å². The number of aromatic nitrogens is 1. The Bertz CT molecular complexity index is 1030. The van der Waals surface area contributed by atoms with Gasteiger partial charge >= 0.3 is 0 Å². The van der Waals surface area contributed by atoms with Crippen molar-refractivity contribution in [1.82, 2.24) is 4.57 Å². The molecule has 132 valence electrons. The average Bonchev–Trinajstić information content (AvgIpc) is 3.03. The molecule has 0 unspecified atom stereocenters. The molecular weight excluding hydrogens is 316 g/mol. The zero-order chi connectivity index (χ0) is 18.1. The summed E-state index contributed by atoms with van der Waals surface area (Å²) in [4.78, 5) is 2.42. The largest absolute Gasteiger partial charge is 0.372 e. The minimum Gasteiger partial charge on any atom is -0.372 e. The summed E-state index contributed by atoms with van der Waals surface area (Å²) in [5.41, 5.74) is 5.03. The summed E-state index contributed by atoms with van der Waals surface area (Å²) in [5, 5.41) is 2.63. The fraction of sp³-hybridized carbons (Fsp3) is 0.250. The van der Waals surface area contributed by atoms with Gasteiger partial charge in [0.05, 0.1) is 11.0 Å². The fourth-order valence-electron chi connectivity index (χ4n) is 4.08. The van der Waals surface area contributed by atoms with Crippen LogP contribution in [0.1, 0.15) is 26.7 Å². The number of benzene rings is 3. The molecule has 0 fully saturated rings. The molecule has 0 bridgehead atoms. The Balaban J connectivity index is 1.96. The van der Waals surface area contributed by atoms with E-state index in [4.69, 9.17) is 0 Å². The number of hydrogen-bond donors (Lipinski definition) is 0. The van der Waals surface area contributed by atoms with Gasteiger partial charge in [-0.3, -0.25) is 0 Å². The molecule has 0 N–H and O–H groups in total. The normalized spacial score (nSPS) is 11.5. The molecule has 0 spiro atoms. The monoisotopic (exact) mass is 342 g/mol. The molecule has 4 aromatic rings. The maximum atomic E-state index is 2.42. The highest BCUT2D eigenvalue weighted by atomic mass is 15.1. The first kappa shape index (κ1) is 16.7. The molecule has 0 amide bonds. The molecule has 1 aromatic heterocycles. The second kappa shape index (κ2) is 6.87. The Kier molecular flexibility index (Phi) is 4.42. The second-order valence-corrected chi connectivity index (χ2v) is 6.97. The van der Waals surface area contributed by atoms with E-state index in [2.05, 4.69) is 103 Å². The standard InChI is InChI=1S/C24H26N2/c1-4-18(5-2)25(3)20-15-16-24-22(17-20)21-13-9-10-14-23(21)26(24)19-11-7-6-8-12-19/h6-18H,4-5H2,1-3H3. The Hall–Kier alpha value is -2.74. The van der Waals surface area contributed by atoms with Crippen molar-refractivity contribution in [2.45, 2.75) is 32.7 Å². The van der Waals surface area contributed by atoms with Gasteiger partial charge in [-0.1, -0.05) is 50.2 Å². The molecule has 3 aromatic carbocycles. The van der Waals surface area contributed by atoms with Crippen LogP contribution in [0, 0.1) is 0 Å². The van der Waals surface area contributed by atoms with E-state index >= 15 is 0 Å². The van der Waals surface area contributed by atoms with E-state index in [1.165, 1.54) is 33.2 Å². The van der Waals surface area contributed by atoms with Crippen LogP contribution >= 0.6 is 0 Å². The lowest BCUT2D eigenvalue weighted by Gasteiger charge is -2.28. The molecule has 0 aliphatic carbocycles. The molecule has 4 rings (SSSR count). The van der Waals surface area contributed by atoms with Gasteiger partial charge in [0.15, 0.2) is 0 Å². The number of nitrogens with zero attached hydrogens (tertiary/aromatic N) is 2. The highest BCUT2D eigenvalue weighted by molar-refractivity contribution is 6.10. The van der Waals surface area contributed by atoms with Crippen LogP contribution < -0.4 is 4.90 Å². The maximum Gasteiger partial charge on any atom is 0.0542 e. The van der Waals surface area contributed by atoms with E-state index in [1.807, 2.05) is 0 Å². The first-order chi connectivity index (χ1) is 12.7. The highest BCUT2D eigenvalue weighted by Crippen LogP contribution is 2.34. The number of fused-ring (bicyclic) bond motifs is 3. The van der Waals surface area contributed by atoms with Crippen LogP contribution in [-0.2, 0) is 0 Å². The van der Waals surface area contributed by atoms with Crippen molar-refractivity contribution in [2.75, 3.05) is 11.9 Å². The molecule has 0 aliphatic heterocycles. The van der Waals surface area contributed by atoms with E-state index in [9.17, 15) is 0 Å². The van der Waals surface area contributed by atoms with Crippen molar-refractivity contribution in [1.29, 1.82) is 0 Å². The Labute approximate surface area is 155 Å². The van der Waals surface area contributed by atoms with Crippen LogP contribution in [0.15, 0.2) is 72.8 Å². The van der Waals surface area contributed by atoms with Crippen molar-refractivity contribution in [3.63, 3.8) is 0 Å². The summed E-state index contributed by atoms with van der Waals surface area (Å²) in [6, 6.07) is 26.8. The SMILES string of the molecule is CCC(CC)N(C)c1ccc2c(c1)c1ccccc1n2-c1ccccc1. The minimum absolute atomic E-state index is 0.579. The predicted molar refractivity (Wildman–Crippen MR) is 114 cm³/mol. The van der Waals surface area contributed by atoms with Gasteiger partial charge in [-0.05, 0) is 49.2 Å². The quantitative estimate of drug-likeness (QED) is 0.407. The number of hydrogen-bond acceptors (Lipinski definition) is 1. The second-order valence-electron chi connectivity index (χ2n) is 6.97. The van der Waals surface area contributed by atoms with Gasteiger partial charge < -0.3 is 9.47 Å². The lowest BCUT2D eigenvalue weighted by atomic mass is 10.1. The summed E-state index contributed by atoms with van der Waals surface area (Å²) in [6.07, 6.45) is 2.33. The molecule has 0 aliphatic rings. The van der Waals surface area contributed by atoms with E-state index in [-0.39, 0.29) is 0 Å². The molecule has 0 atom stereocenters.